The van der Waals surface area contributed by atoms with Gasteiger partial charge in [-0.05, 0) is 31.0 Å². The van der Waals surface area contributed by atoms with Gasteiger partial charge in [-0.25, -0.2) is 5.01 Å². The molecule has 1 saturated heterocycles. The van der Waals surface area contributed by atoms with Crippen molar-refractivity contribution in [3.05, 3.63) is 28.8 Å². The van der Waals surface area contributed by atoms with Crippen LogP contribution in [0.25, 0.3) is 0 Å². The van der Waals surface area contributed by atoms with Crippen LogP contribution >= 0.6 is 11.6 Å². The Morgan fingerprint density at radius 2 is 2.11 bits per heavy atom. The Labute approximate surface area is 118 Å². The first-order valence-electron chi connectivity index (χ1n) is 6.56. The molecule has 1 aliphatic heterocycles. The molecule has 1 fully saturated rings. The molecular weight excluding hydrogens is 264 g/mol. The molecule has 4 nitrogen and oxygen atoms in total. The van der Waals surface area contributed by atoms with Gasteiger partial charge in [-0.1, -0.05) is 18.0 Å². The first kappa shape index (κ1) is 14.2. The number of hydrogen-bond acceptors (Lipinski definition) is 3. The molecule has 1 N–H and O–H groups in total. The molecular formula is C14H19ClN2O2. The Balaban J connectivity index is 1.95. The molecule has 19 heavy (non-hydrogen) atoms. The fourth-order valence-electron chi connectivity index (χ4n) is 2.28. The molecule has 104 valence electrons. The summed E-state index contributed by atoms with van der Waals surface area (Å²) in [6.45, 7) is 1.86. The van der Waals surface area contributed by atoms with Crippen LogP contribution in [-0.2, 0) is 11.2 Å². The third-order valence-corrected chi connectivity index (χ3v) is 3.47. The summed E-state index contributed by atoms with van der Waals surface area (Å²) in [4.78, 5) is 12.0. The van der Waals surface area contributed by atoms with E-state index in [4.69, 9.17) is 16.3 Å². The zero-order chi connectivity index (χ0) is 13.7. The lowest BCUT2D eigenvalue weighted by Gasteiger charge is -2.26. The van der Waals surface area contributed by atoms with Gasteiger partial charge in [0.15, 0.2) is 0 Å². The molecule has 0 bridgehead atoms. The van der Waals surface area contributed by atoms with Crippen LogP contribution < -0.4 is 10.2 Å². The van der Waals surface area contributed by atoms with Crippen LogP contribution in [0.2, 0.25) is 5.02 Å². The molecule has 1 aromatic carbocycles. The minimum atomic E-state index is -0.0255. The molecule has 5 heteroatoms. The summed E-state index contributed by atoms with van der Waals surface area (Å²) in [5, 5.41) is 2.60. The quantitative estimate of drug-likeness (QED) is 0.922. The van der Waals surface area contributed by atoms with E-state index >= 15 is 0 Å². The molecule has 1 aliphatic rings. The van der Waals surface area contributed by atoms with Crippen LogP contribution in [0.3, 0.4) is 0 Å². The van der Waals surface area contributed by atoms with E-state index in [2.05, 4.69) is 5.43 Å². The van der Waals surface area contributed by atoms with E-state index in [1.54, 1.807) is 25.3 Å². The number of hydrazine groups is 1. The van der Waals surface area contributed by atoms with Crippen molar-refractivity contribution in [2.24, 2.45) is 0 Å². The SMILES string of the molecule is COc1ccc(Cl)cc1CC(=O)NN1CCCCC1. The number of carbonyl (C=O) groups excluding carboxylic acids is 1. The molecule has 0 saturated carbocycles. The summed E-state index contributed by atoms with van der Waals surface area (Å²) in [5.74, 6) is 0.667. The smallest absolute Gasteiger partial charge is 0.238 e. The number of halogens is 1. The van der Waals surface area contributed by atoms with Gasteiger partial charge >= 0.3 is 0 Å². The van der Waals surface area contributed by atoms with Crippen LogP contribution in [-0.4, -0.2) is 31.1 Å². The topological polar surface area (TPSA) is 41.6 Å². The van der Waals surface area contributed by atoms with Crippen molar-refractivity contribution in [1.82, 2.24) is 10.4 Å². The number of ether oxygens (including phenoxy) is 1. The van der Waals surface area contributed by atoms with E-state index in [9.17, 15) is 4.79 Å². The van der Waals surface area contributed by atoms with Crippen molar-refractivity contribution < 1.29 is 9.53 Å². The van der Waals surface area contributed by atoms with E-state index in [0.717, 1.165) is 31.5 Å². The first-order valence-corrected chi connectivity index (χ1v) is 6.93. The summed E-state index contributed by atoms with van der Waals surface area (Å²) in [6.07, 6.45) is 3.80. The molecule has 1 amide bonds. The van der Waals surface area contributed by atoms with Crippen molar-refractivity contribution in [3.63, 3.8) is 0 Å². The number of hydrogen-bond donors (Lipinski definition) is 1. The number of piperidine rings is 1. The van der Waals surface area contributed by atoms with Crippen LogP contribution in [0.1, 0.15) is 24.8 Å². The van der Waals surface area contributed by atoms with E-state index < -0.39 is 0 Å². The number of amides is 1. The van der Waals surface area contributed by atoms with Gasteiger partial charge < -0.3 is 4.74 Å². The number of methoxy groups -OCH3 is 1. The molecule has 0 unspecified atom stereocenters. The highest BCUT2D eigenvalue weighted by Crippen LogP contribution is 2.23. The highest BCUT2D eigenvalue weighted by molar-refractivity contribution is 6.30. The van der Waals surface area contributed by atoms with Gasteiger partial charge in [0.05, 0.1) is 13.5 Å². The van der Waals surface area contributed by atoms with E-state index in [-0.39, 0.29) is 12.3 Å². The van der Waals surface area contributed by atoms with Crippen LogP contribution in [0.5, 0.6) is 5.75 Å². The fraction of sp³-hybridized carbons (Fsp3) is 0.500. The first-order chi connectivity index (χ1) is 9.19. The van der Waals surface area contributed by atoms with Gasteiger partial charge in [-0.2, -0.15) is 0 Å². The summed E-state index contributed by atoms with van der Waals surface area (Å²) in [5.41, 5.74) is 3.74. The third-order valence-electron chi connectivity index (χ3n) is 3.23. The van der Waals surface area contributed by atoms with Crippen LogP contribution in [0, 0.1) is 0 Å². The lowest BCUT2D eigenvalue weighted by molar-refractivity contribution is -0.125. The second-order valence-electron chi connectivity index (χ2n) is 4.72. The fourth-order valence-corrected chi connectivity index (χ4v) is 2.47. The van der Waals surface area contributed by atoms with E-state index in [1.807, 2.05) is 5.01 Å². The second kappa shape index (κ2) is 6.78. The Kier molecular flexibility index (Phi) is 5.05. The van der Waals surface area contributed by atoms with Gasteiger partial charge in [-0.3, -0.25) is 10.2 Å². The number of rotatable bonds is 4. The molecule has 0 atom stereocenters. The zero-order valence-electron chi connectivity index (χ0n) is 11.1. The summed E-state index contributed by atoms with van der Waals surface area (Å²) >= 11 is 5.95. The largest absolute Gasteiger partial charge is 0.496 e. The maximum Gasteiger partial charge on any atom is 0.238 e. The highest BCUT2D eigenvalue weighted by atomic mass is 35.5. The van der Waals surface area contributed by atoms with Crippen molar-refractivity contribution in [2.75, 3.05) is 20.2 Å². The van der Waals surface area contributed by atoms with Gasteiger partial charge in [0.1, 0.15) is 5.75 Å². The molecule has 1 heterocycles. The van der Waals surface area contributed by atoms with Crippen LogP contribution in [0.4, 0.5) is 0 Å². The highest BCUT2D eigenvalue weighted by Gasteiger charge is 2.14. The van der Waals surface area contributed by atoms with E-state index in [1.165, 1.54) is 6.42 Å². The third kappa shape index (κ3) is 4.11. The average molecular weight is 283 g/mol. The normalized spacial score (nSPS) is 16.1. The van der Waals surface area contributed by atoms with E-state index in [0.29, 0.717) is 10.8 Å². The van der Waals surface area contributed by atoms with Crippen LogP contribution in [0.15, 0.2) is 18.2 Å². The lowest BCUT2D eigenvalue weighted by Crippen LogP contribution is -2.45. The predicted molar refractivity (Wildman–Crippen MR) is 75.3 cm³/mol. The maximum atomic E-state index is 12.0. The molecule has 0 spiro atoms. The lowest BCUT2D eigenvalue weighted by atomic mass is 10.1. The molecule has 0 aliphatic carbocycles. The van der Waals surface area contributed by atoms with Crippen molar-refractivity contribution >= 4 is 17.5 Å². The van der Waals surface area contributed by atoms with Crippen molar-refractivity contribution in [2.45, 2.75) is 25.7 Å². The van der Waals surface area contributed by atoms with Gasteiger partial charge in [-0.15, -0.1) is 0 Å². The van der Waals surface area contributed by atoms with Crippen molar-refractivity contribution in [3.8, 4) is 5.75 Å². The summed E-state index contributed by atoms with van der Waals surface area (Å²) in [7, 11) is 1.59. The summed E-state index contributed by atoms with van der Waals surface area (Å²) < 4.78 is 5.24. The zero-order valence-corrected chi connectivity index (χ0v) is 11.9. The Bertz CT molecular complexity index is 445. The van der Waals surface area contributed by atoms with Gasteiger partial charge in [0.25, 0.3) is 0 Å². The average Bonchev–Trinajstić information content (AvgIpc) is 2.40. The number of nitrogens with zero attached hydrogens (tertiary/aromatic N) is 1. The van der Waals surface area contributed by atoms with Gasteiger partial charge in [0, 0.05) is 23.7 Å². The predicted octanol–water partition coefficient (Wildman–Crippen LogP) is 2.41. The Hall–Kier alpha value is -1.26. The maximum absolute atomic E-state index is 12.0. The van der Waals surface area contributed by atoms with Crippen molar-refractivity contribution in [1.29, 1.82) is 0 Å². The molecule has 2 rings (SSSR count). The summed E-state index contributed by atoms with van der Waals surface area (Å²) in [6, 6.07) is 5.31. The molecule has 0 radical (unpaired) electrons. The molecule has 1 aromatic rings. The Morgan fingerprint density at radius 1 is 1.37 bits per heavy atom. The second-order valence-corrected chi connectivity index (χ2v) is 5.15. The standard InChI is InChI=1S/C14H19ClN2O2/c1-19-13-6-5-12(15)9-11(13)10-14(18)16-17-7-3-2-4-8-17/h5-6,9H,2-4,7-8,10H2,1H3,(H,16,18). The number of nitrogens with one attached hydrogen (secondary N) is 1. The monoisotopic (exact) mass is 282 g/mol. The number of carbonyl (C=O) groups is 1. The minimum Gasteiger partial charge on any atom is -0.496 e. The molecule has 0 aromatic heterocycles. The minimum absolute atomic E-state index is 0.0255. The number of benzene rings is 1. The Morgan fingerprint density at radius 3 is 2.79 bits per heavy atom. The van der Waals surface area contributed by atoms with Gasteiger partial charge in [0.2, 0.25) is 5.91 Å².